The molecule has 1 saturated carbocycles. The van der Waals surface area contributed by atoms with Crippen molar-refractivity contribution in [3.8, 4) is 17.0 Å². The molecule has 37 heavy (non-hydrogen) atoms. The summed E-state index contributed by atoms with van der Waals surface area (Å²) in [5.74, 6) is -2.67. The molecule has 0 saturated heterocycles. The van der Waals surface area contributed by atoms with E-state index in [9.17, 15) is 13.6 Å². The second kappa shape index (κ2) is 9.60. The van der Waals surface area contributed by atoms with Crippen molar-refractivity contribution in [2.24, 2.45) is 0 Å². The number of alkyl halides is 2. The van der Waals surface area contributed by atoms with Gasteiger partial charge in [0.1, 0.15) is 18.1 Å². The van der Waals surface area contributed by atoms with Crippen LogP contribution in [0.5, 0.6) is 5.75 Å². The Morgan fingerprint density at radius 2 is 2.00 bits per heavy atom. The van der Waals surface area contributed by atoms with Gasteiger partial charge in [0.2, 0.25) is 5.95 Å². The van der Waals surface area contributed by atoms with Gasteiger partial charge in [-0.2, -0.15) is 13.9 Å². The quantitative estimate of drug-likeness (QED) is 0.431. The van der Waals surface area contributed by atoms with E-state index in [4.69, 9.17) is 33.7 Å². The van der Waals surface area contributed by atoms with E-state index in [-0.39, 0.29) is 55.0 Å². The van der Waals surface area contributed by atoms with Gasteiger partial charge in [-0.05, 0) is 38.0 Å². The van der Waals surface area contributed by atoms with Crippen molar-refractivity contribution in [2.45, 2.75) is 58.3 Å². The van der Waals surface area contributed by atoms with E-state index in [1.165, 1.54) is 10.7 Å². The highest BCUT2D eigenvalue weighted by atomic mass is 35.5. The zero-order chi connectivity index (χ0) is 26.5. The largest absolute Gasteiger partial charge is 0.491 e. The summed E-state index contributed by atoms with van der Waals surface area (Å²) in [5.41, 5.74) is 8.54. The van der Waals surface area contributed by atoms with Gasteiger partial charge >= 0.3 is 6.03 Å². The third-order valence-electron chi connectivity index (χ3n) is 6.24. The zero-order valence-electron chi connectivity index (χ0n) is 20.2. The highest BCUT2D eigenvalue weighted by molar-refractivity contribution is 6.37. The van der Waals surface area contributed by atoms with Crippen LogP contribution in [-0.2, 0) is 25.6 Å². The fourth-order valence-electron chi connectivity index (χ4n) is 4.20. The molecule has 1 aliphatic carbocycles. The summed E-state index contributed by atoms with van der Waals surface area (Å²) in [6, 6.07) is 4.56. The van der Waals surface area contributed by atoms with E-state index >= 15 is 0 Å². The number of amides is 2. The molecule has 3 heterocycles. The lowest BCUT2D eigenvalue weighted by Crippen LogP contribution is -2.37. The van der Waals surface area contributed by atoms with Crippen LogP contribution < -0.4 is 15.8 Å². The molecule has 0 unspecified atom stereocenters. The summed E-state index contributed by atoms with van der Waals surface area (Å²) in [5, 5.41) is 7.60. The van der Waals surface area contributed by atoms with Gasteiger partial charge in [0.15, 0.2) is 0 Å². The Labute approximate surface area is 221 Å². The van der Waals surface area contributed by atoms with Gasteiger partial charge in [-0.1, -0.05) is 23.2 Å². The Hall–Kier alpha value is -3.18. The average molecular weight is 552 g/mol. The van der Waals surface area contributed by atoms with Gasteiger partial charge < -0.3 is 20.7 Å². The van der Waals surface area contributed by atoms with Crippen LogP contribution in [-0.4, -0.2) is 43.3 Å². The highest BCUT2D eigenvalue weighted by Gasteiger charge is 2.33. The van der Waals surface area contributed by atoms with Crippen molar-refractivity contribution in [3.05, 3.63) is 50.9 Å². The highest BCUT2D eigenvalue weighted by Crippen LogP contribution is 2.42. The molecule has 1 aliphatic heterocycles. The average Bonchev–Trinajstić information content (AvgIpc) is 3.37. The Bertz CT molecular complexity index is 1370. The number of aryl methyl sites for hydroxylation is 1. The van der Waals surface area contributed by atoms with Crippen LogP contribution in [0.3, 0.4) is 0 Å². The van der Waals surface area contributed by atoms with Crippen LogP contribution in [0.15, 0.2) is 18.2 Å². The molecule has 13 heteroatoms. The number of fused-ring (bicyclic) bond motifs is 1. The van der Waals surface area contributed by atoms with E-state index in [1.54, 1.807) is 24.0 Å². The van der Waals surface area contributed by atoms with Crippen molar-refractivity contribution < 1.29 is 18.3 Å². The van der Waals surface area contributed by atoms with Crippen LogP contribution in [0.2, 0.25) is 10.0 Å². The number of anilines is 1. The predicted octanol–water partition coefficient (Wildman–Crippen LogP) is 4.92. The van der Waals surface area contributed by atoms with Crippen molar-refractivity contribution in [3.63, 3.8) is 0 Å². The topological polar surface area (TPSA) is 111 Å². The minimum Gasteiger partial charge on any atom is -0.491 e. The second-order valence-corrected chi connectivity index (χ2v) is 10.2. The molecule has 2 amide bonds. The van der Waals surface area contributed by atoms with Crippen molar-refractivity contribution in [1.29, 1.82) is 0 Å². The molecule has 0 bridgehead atoms. The van der Waals surface area contributed by atoms with Crippen LogP contribution in [0.4, 0.5) is 19.5 Å². The Kier molecular flexibility index (Phi) is 6.61. The molecule has 5 rings (SSSR count). The molecule has 1 fully saturated rings. The number of carbonyl (C=O) groups is 1. The van der Waals surface area contributed by atoms with Gasteiger partial charge in [-0.3, -0.25) is 4.68 Å². The summed E-state index contributed by atoms with van der Waals surface area (Å²) in [7, 11) is 0. The molecule has 1 aromatic carbocycles. The number of urea groups is 1. The Morgan fingerprint density at radius 1 is 1.24 bits per heavy atom. The number of benzene rings is 1. The Morgan fingerprint density at radius 3 is 2.68 bits per heavy atom. The fourth-order valence-corrected chi connectivity index (χ4v) is 4.77. The number of aromatic nitrogens is 4. The zero-order valence-corrected chi connectivity index (χ0v) is 21.7. The predicted molar refractivity (Wildman–Crippen MR) is 135 cm³/mol. The molecule has 0 atom stereocenters. The number of nitrogens with two attached hydrogens (primary N) is 1. The number of nitrogens with one attached hydrogen (secondary N) is 1. The minimum absolute atomic E-state index is 0.0374. The van der Waals surface area contributed by atoms with E-state index in [2.05, 4.69) is 20.4 Å². The summed E-state index contributed by atoms with van der Waals surface area (Å²) in [6.45, 7) is 3.38. The van der Waals surface area contributed by atoms with Crippen LogP contribution >= 0.6 is 23.2 Å². The molecule has 196 valence electrons. The van der Waals surface area contributed by atoms with E-state index < -0.39 is 5.92 Å². The first-order valence-electron chi connectivity index (χ1n) is 11.7. The van der Waals surface area contributed by atoms with Gasteiger partial charge in [0.05, 0.1) is 41.6 Å². The van der Waals surface area contributed by atoms with Crippen molar-refractivity contribution in [1.82, 2.24) is 30.0 Å². The maximum Gasteiger partial charge on any atom is 0.318 e. The number of hydrogen-bond donors (Lipinski definition) is 2. The first-order valence-corrected chi connectivity index (χ1v) is 12.5. The first kappa shape index (κ1) is 25.5. The molecule has 3 aromatic rings. The third kappa shape index (κ3) is 5.42. The smallest absolute Gasteiger partial charge is 0.318 e. The summed E-state index contributed by atoms with van der Waals surface area (Å²) >= 11 is 12.9. The molecule has 3 N–H and O–H groups in total. The minimum atomic E-state index is -3.04. The maximum absolute atomic E-state index is 13.7. The third-order valence-corrected chi connectivity index (χ3v) is 6.76. The van der Waals surface area contributed by atoms with Gasteiger partial charge in [-0.25, -0.2) is 14.8 Å². The van der Waals surface area contributed by atoms with E-state index in [0.717, 1.165) is 19.8 Å². The lowest BCUT2D eigenvalue weighted by Gasteiger charge is -2.17. The van der Waals surface area contributed by atoms with Gasteiger partial charge in [0, 0.05) is 29.2 Å². The van der Waals surface area contributed by atoms with Crippen molar-refractivity contribution in [2.75, 3.05) is 12.3 Å². The Balaban J connectivity index is 1.42. The molecule has 9 nitrogen and oxygen atoms in total. The molecule has 0 spiro atoms. The SMILES string of the molecule is Cc1cc(C(C)(F)F)nn1CCOc1cc(Cl)cc(Cl)c1-c1nc(N)nc2c1CN(C(=O)NC1CC1)C2. The lowest BCUT2D eigenvalue weighted by atomic mass is 10.0. The summed E-state index contributed by atoms with van der Waals surface area (Å²) in [4.78, 5) is 23.1. The monoisotopic (exact) mass is 551 g/mol. The molecular formula is C24H25Cl2F2N7O2. The first-order chi connectivity index (χ1) is 17.5. The summed E-state index contributed by atoms with van der Waals surface area (Å²) in [6.07, 6.45) is 1.96. The van der Waals surface area contributed by atoms with Crippen LogP contribution in [0.1, 0.15) is 42.4 Å². The van der Waals surface area contributed by atoms with E-state index in [1.807, 2.05) is 0 Å². The number of halogens is 4. The summed E-state index contributed by atoms with van der Waals surface area (Å²) < 4.78 is 34.8. The van der Waals surface area contributed by atoms with E-state index in [0.29, 0.717) is 39.0 Å². The number of hydrogen-bond acceptors (Lipinski definition) is 6. The fraction of sp³-hybridized carbons (Fsp3) is 0.417. The van der Waals surface area contributed by atoms with Crippen LogP contribution in [0.25, 0.3) is 11.3 Å². The van der Waals surface area contributed by atoms with Crippen LogP contribution in [0, 0.1) is 6.92 Å². The van der Waals surface area contributed by atoms with Crippen molar-refractivity contribution >= 4 is 35.2 Å². The van der Waals surface area contributed by atoms with Gasteiger partial charge in [-0.15, -0.1) is 0 Å². The maximum atomic E-state index is 13.7. The van der Waals surface area contributed by atoms with Gasteiger partial charge in [0.25, 0.3) is 5.92 Å². The number of nitrogens with zero attached hydrogens (tertiary/aromatic N) is 5. The molecule has 2 aliphatic rings. The number of carbonyl (C=O) groups excluding carboxylic acids is 1. The standard InChI is InChI=1S/C24H25Cl2F2N7O2/c1-12-7-19(24(2,27)28)33-35(12)5-6-37-18-9-13(25)8-16(26)20(18)21-15-10-34(23(36)30-14-3-4-14)11-17(15)31-22(29)32-21/h7-9,14H,3-6,10-11H2,1-2H3,(H,30,36)(H2,29,31,32). The number of rotatable bonds is 7. The molecule has 0 radical (unpaired) electrons. The lowest BCUT2D eigenvalue weighted by molar-refractivity contribution is 0.0120. The normalized spacial score (nSPS) is 15.1. The number of ether oxygens (including phenoxy) is 1. The second-order valence-electron chi connectivity index (χ2n) is 9.33. The molecular weight excluding hydrogens is 527 g/mol. The number of nitrogen functional groups attached to an aromatic ring is 1. The molecule has 2 aromatic heterocycles.